The smallest absolute Gasteiger partial charge is 0.154 e. The third kappa shape index (κ3) is 6.16. The maximum Gasteiger partial charge on any atom is 0.154 e. The normalized spacial score (nSPS) is 14.9. The summed E-state index contributed by atoms with van der Waals surface area (Å²) in [6.07, 6.45) is 16.2. The molecule has 0 aromatic carbocycles. The number of hydrogen-bond donors (Lipinski definition) is 2. The average Bonchev–Trinajstić information content (AvgIpc) is 2.75. The number of rotatable bonds is 8. The van der Waals surface area contributed by atoms with Gasteiger partial charge in [-0.2, -0.15) is 0 Å². The number of hydrogen-bond acceptors (Lipinski definition) is 7. The van der Waals surface area contributed by atoms with E-state index in [2.05, 4.69) is 31.5 Å². The van der Waals surface area contributed by atoms with Gasteiger partial charge in [0, 0.05) is 35.8 Å². The molecule has 1 aliphatic carbocycles. The van der Waals surface area contributed by atoms with E-state index < -0.39 is 9.84 Å². The average molecular weight is 414 g/mol. The summed E-state index contributed by atoms with van der Waals surface area (Å²) in [4.78, 5) is 12.7. The van der Waals surface area contributed by atoms with Gasteiger partial charge in [-0.15, -0.1) is 6.42 Å². The molecular formula is C21H27N5O2S. The lowest BCUT2D eigenvalue weighted by atomic mass is 9.89. The van der Waals surface area contributed by atoms with Crippen molar-refractivity contribution in [1.82, 2.24) is 15.0 Å². The lowest BCUT2D eigenvalue weighted by molar-refractivity contribution is 0.373. The van der Waals surface area contributed by atoms with E-state index in [1.54, 1.807) is 19.3 Å². The van der Waals surface area contributed by atoms with Gasteiger partial charge in [0.05, 0.1) is 18.1 Å². The summed E-state index contributed by atoms with van der Waals surface area (Å²) in [6, 6.07) is 1.83. The van der Waals surface area contributed by atoms with Crippen molar-refractivity contribution in [3.63, 3.8) is 0 Å². The van der Waals surface area contributed by atoms with Crippen LogP contribution in [0.15, 0.2) is 24.7 Å². The number of anilines is 3. The minimum atomic E-state index is -3.16. The van der Waals surface area contributed by atoms with Crippen molar-refractivity contribution in [2.24, 2.45) is 5.92 Å². The first-order chi connectivity index (χ1) is 14.0. The molecule has 3 rings (SSSR count). The van der Waals surface area contributed by atoms with Gasteiger partial charge in [-0.25, -0.2) is 23.4 Å². The predicted octanol–water partition coefficient (Wildman–Crippen LogP) is 3.52. The highest BCUT2D eigenvalue weighted by molar-refractivity contribution is 7.90. The van der Waals surface area contributed by atoms with E-state index in [1.165, 1.54) is 38.3 Å². The molecular weight excluding hydrogens is 386 g/mol. The van der Waals surface area contributed by atoms with Crippen molar-refractivity contribution in [3.8, 4) is 12.3 Å². The van der Waals surface area contributed by atoms with Gasteiger partial charge < -0.3 is 10.6 Å². The summed E-state index contributed by atoms with van der Waals surface area (Å²) < 4.78 is 24.3. The van der Waals surface area contributed by atoms with Crippen molar-refractivity contribution in [2.45, 2.75) is 44.8 Å². The molecule has 0 amide bonds. The second kappa shape index (κ2) is 9.70. The Kier molecular flexibility index (Phi) is 7.04. The van der Waals surface area contributed by atoms with Crippen molar-refractivity contribution in [1.29, 1.82) is 0 Å². The van der Waals surface area contributed by atoms with Crippen LogP contribution in [0, 0.1) is 18.3 Å². The largest absolute Gasteiger partial charge is 0.384 e. The van der Waals surface area contributed by atoms with Crippen LogP contribution in [0.25, 0.3) is 0 Å². The minimum absolute atomic E-state index is 0.0273. The SMILES string of the molecule is C#Cc1cnc(Nc2cc(NCC3CCCCC3)c(CS(=O)(=O)CC)cn2)cn1. The maximum absolute atomic E-state index is 12.2. The van der Waals surface area contributed by atoms with Gasteiger partial charge in [0.1, 0.15) is 17.3 Å². The van der Waals surface area contributed by atoms with Gasteiger partial charge in [-0.1, -0.05) is 26.2 Å². The number of sulfone groups is 1. The molecule has 0 spiro atoms. The van der Waals surface area contributed by atoms with E-state index >= 15 is 0 Å². The highest BCUT2D eigenvalue weighted by atomic mass is 32.2. The van der Waals surface area contributed by atoms with Crippen LogP contribution in [0.1, 0.15) is 50.3 Å². The Bertz CT molecular complexity index is 962. The first-order valence-corrected chi connectivity index (χ1v) is 11.8. The van der Waals surface area contributed by atoms with Crippen LogP contribution in [-0.4, -0.2) is 35.7 Å². The molecule has 0 radical (unpaired) electrons. The summed E-state index contributed by atoms with van der Waals surface area (Å²) >= 11 is 0. The van der Waals surface area contributed by atoms with E-state index in [-0.39, 0.29) is 11.5 Å². The second-order valence-corrected chi connectivity index (χ2v) is 9.70. The van der Waals surface area contributed by atoms with Crippen LogP contribution in [0.3, 0.4) is 0 Å². The Labute approximate surface area is 172 Å². The summed E-state index contributed by atoms with van der Waals surface area (Å²) in [6.45, 7) is 2.49. The first-order valence-electron chi connectivity index (χ1n) is 9.98. The van der Waals surface area contributed by atoms with Gasteiger partial charge >= 0.3 is 0 Å². The van der Waals surface area contributed by atoms with Crippen molar-refractivity contribution in [2.75, 3.05) is 22.9 Å². The molecule has 0 aliphatic heterocycles. The molecule has 7 nitrogen and oxygen atoms in total. The van der Waals surface area contributed by atoms with Gasteiger partial charge in [0.2, 0.25) is 0 Å². The zero-order valence-corrected chi connectivity index (χ0v) is 17.5. The fourth-order valence-corrected chi connectivity index (χ4v) is 4.32. The lowest BCUT2D eigenvalue weighted by Crippen LogP contribution is -2.18. The predicted molar refractivity (Wildman–Crippen MR) is 116 cm³/mol. The highest BCUT2D eigenvalue weighted by Crippen LogP contribution is 2.27. The number of nitrogens with one attached hydrogen (secondary N) is 2. The Morgan fingerprint density at radius 1 is 1.10 bits per heavy atom. The van der Waals surface area contributed by atoms with E-state index in [0.29, 0.717) is 28.8 Å². The van der Waals surface area contributed by atoms with Crippen LogP contribution in [-0.2, 0) is 15.6 Å². The molecule has 0 bridgehead atoms. The molecule has 2 aromatic heterocycles. The molecule has 154 valence electrons. The summed E-state index contributed by atoms with van der Waals surface area (Å²) in [5.41, 5.74) is 1.93. The lowest BCUT2D eigenvalue weighted by Gasteiger charge is -2.23. The summed E-state index contributed by atoms with van der Waals surface area (Å²) in [7, 11) is -3.16. The van der Waals surface area contributed by atoms with Gasteiger partial charge in [-0.3, -0.25) is 0 Å². The van der Waals surface area contributed by atoms with Crippen LogP contribution in [0.4, 0.5) is 17.3 Å². The Morgan fingerprint density at radius 3 is 2.52 bits per heavy atom. The molecule has 1 fully saturated rings. The van der Waals surface area contributed by atoms with Gasteiger partial charge in [0.15, 0.2) is 9.84 Å². The molecule has 1 aliphatic rings. The Morgan fingerprint density at radius 2 is 1.86 bits per heavy atom. The number of nitrogens with zero attached hydrogens (tertiary/aromatic N) is 3. The fourth-order valence-electron chi connectivity index (χ4n) is 3.41. The molecule has 1 saturated carbocycles. The zero-order valence-electron chi connectivity index (χ0n) is 16.7. The fraction of sp³-hybridized carbons (Fsp3) is 0.476. The standard InChI is InChI=1S/C21H27N5O2S/c1-3-18-13-25-21(14-22-18)26-20-10-19(23-11-16-8-6-5-7-9-16)17(12-24-20)15-29(27,28)4-2/h1,10,12-14,16H,4-9,11,15H2,2H3,(H2,23,24,25,26). The topological polar surface area (TPSA) is 96.9 Å². The monoisotopic (exact) mass is 413 g/mol. The third-order valence-electron chi connectivity index (χ3n) is 5.16. The van der Waals surface area contributed by atoms with Crippen molar-refractivity contribution >= 4 is 27.2 Å². The Hall–Kier alpha value is -2.66. The molecule has 2 N–H and O–H groups in total. The molecule has 29 heavy (non-hydrogen) atoms. The van der Waals surface area contributed by atoms with Crippen LogP contribution in [0.2, 0.25) is 0 Å². The summed E-state index contributed by atoms with van der Waals surface area (Å²) in [5.74, 6) is 4.20. The quantitative estimate of drug-likeness (QED) is 0.639. The third-order valence-corrected chi connectivity index (χ3v) is 6.79. The van der Waals surface area contributed by atoms with Crippen LogP contribution < -0.4 is 10.6 Å². The molecule has 2 aromatic rings. The molecule has 0 saturated heterocycles. The van der Waals surface area contributed by atoms with Crippen LogP contribution >= 0.6 is 0 Å². The van der Waals surface area contributed by atoms with E-state index in [9.17, 15) is 8.42 Å². The first kappa shape index (κ1) is 21.1. The molecule has 0 atom stereocenters. The van der Waals surface area contributed by atoms with E-state index in [1.807, 2.05) is 6.07 Å². The minimum Gasteiger partial charge on any atom is -0.384 e. The Balaban J connectivity index is 1.79. The second-order valence-electron chi connectivity index (χ2n) is 7.34. The summed E-state index contributed by atoms with van der Waals surface area (Å²) in [5, 5.41) is 6.56. The van der Waals surface area contributed by atoms with Crippen molar-refractivity contribution < 1.29 is 8.42 Å². The van der Waals surface area contributed by atoms with Gasteiger partial charge in [-0.05, 0) is 24.7 Å². The van der Waals surface area contributed by atoms with E-state index in [0.717, 1.165) is 12.2 Å². The van der Waals surface area contributed by atoms with Crippen LogP contribution in [0.5, 0.6) is 0 Å². The molecule has 0 unspecified atom stereocenters. The maximum atomic E-state index is 12.2. The molecule has 8 heteroatoms. The van der Waals surface area contributed by atoms with Gasteiger partial charge in [0.25, 0.3) is 0 Å². The zero-order chi connectivity index (χ0) is 20.7. The van der Waals surface area contributed by atoms with E-state index in [4.69, 9.17) is 6.42 Å². The highest BCUT2D eigenvalue weighted by Gasteiger charge is 2.17. The number of terminal acetylenes is 1. The number of pyridine rings is 1. The van der Waals surface area contributed by atoms with Crippen molar-refractivity contribution in [3.05, 3.63) is 35.9 Å². The number of aromatic nitrogens is 3. The molecule has 2 heterocycles.